The van der Waals surface area contributed by atoms with E-state index in [-0.39, 0.29) is 5.60 Å². The van der Waals surface area contributed by atoms with Crippen molar-refractivity contribution in [3.05, 3.63) is 0 Å². The second kappa shape index (κ2) is 5.68. The van der Waals surface area contributed by atoms with Gasteiger partial charge in [-0.05, 0) is 51.6 Å². The number of hydrogen-bond acceptors (Lipinski definition) is 3. The van der Waals surface area contributed by atoms with Crippen LogP contribution in [0.5, 0.6) is 0 Å². The molecule has 1 N–H and O–H groups in total. The van der Waals surface area contributed by atoms with Crippen molar-refractivity contribution in [2.24, 2.45) is 5.92 Å². The summed E-state index contributed by atoms with van der Waals surface area (Å²) in [4.78, 5) is 2.60. The second-order valence-electron chi connectivity index (χ2n) is 5.99. The summed E-state index contributed by atoms with van der Waals surface area (Å²) in [6, 6.07) is 0.708. The molecule has 1 heterocycles. The van der Waals surface area contributed by atoms with Crippen molar-refractivity contribution in [2.75, 3.05) is 33.3 Å². The van der Waals surface area contributed by atoms with Gasteiger partial charge >= 0.3 is 0 Å². The monoisotopic (exact) mass is 240 g/mol. The van der Waals surface area contributed by atoms with Crippen molar-refractivity contribution in [1.82, 2.24) is 10.2 Å². The molecule has 17 heavy (non-hydrogen) atoms. The van der Waals surface area contributed by atoms with Crippen LogP contribution in [0.15, 0.2) is 0 Å². The number of methoxy groups -OCH3 is 1. The number of ether oxygens (including phenoxy) is 1. The molecule has 1 saturated heterocycles. The van der Waals surface area contributed by atoms with Gasteiger partial charge in [-0.15, -0.1) is 0 Å². The van der Waals surface area contributed by atoms with E-state index in [4.69, 9.17) is 4.74 Å². The minimum absolute atomic E-state index is 0.0819. The predicted molar refractivity (Wildman–Crippen MR) is 71.3 cm³/mol. The Hall–Kier alpha value is -0.120. The minimum Gasteiger partial charge on any atom is -0.377 e. The van der Waals surface area contributed by atoms with Gasteiger partial charge in [0.25, 0.3) is 0 Å². The fourth-order valence-corrected chi connectivity index (χ4v) is 3.05. The molecule has 2 atom stereocenters. The molecule has 1 aliphatic heterocycles. The molecule has 3 nitrogen and oxygen atoms in total. The molecule has 1 saturated carbocycles. The minimum atomic E-state index is 0.0819. The van der Waals surface area contributed by atoms with Gasteiger partial charge < -0.3 is 10.1 Å². The summed E-state index contributed by atoms with van der Waals surface area (Å²) in [5, 5.41) is 3.65. The summed E-state index contributed by atoms with van der Waals surface area (Å²) in [5.74, 6) is 0.936. The lowest BCUT2D eigenvalue weighted by Gasteiger charge is -2.41. The summed E-state index contributed by atoms with van der Waals surface area (Å²) < 4.78 is 5.66. The SMILES string of the molecule is CCNC(CN1CCCC(C)(OC)C1)C1CC1. The number of likely N-dealkylation sites (N-methyl/N-ethyl adjacent to an activating group) is 1. The van der Waals surface area contributed by atoms with E-state index < -0.39 is 0 Å². The maximum atomic E-state index is 5.66. The maximum Gasteiger partial charge on any atom is 0.0777 e. The average Bonchev–Trinajstić information content (AvgIpc) is 3.13. The van der Waals surface area contributed by atoms with Crippen LogP contribution in [0.4, 0.5) is 0 Å². The average molecular weight is 240 g/mol. The molecule has 2 fully saturated rings. The van der Waals surface area contributed by atoms with Crippen LogP contribution in [0.1, 0.15) is 39.5 Å². The number of nitrogens with zero attached hydrogens (tertiary/aromatic N) is 1. The van der Waals surface area contributed by atoms with Gasteiger partial charge in [-0.3, -0.25) is 4.90 Å². The van der Waals surface area contributed by atoms with Crippen LogP contribution in [0, 0.1) is 5.92 Å². The normalized spacial score (nSPS) is 32.6. The number of nitrogens with one attached hydrogen (secondary N) is 1. The molecule has 0 aromatic carbocycles. The summed E-state index contributed by atoms with van der Waals surface area (Å²) in [5.41, 5.74) is 0.0819. The number of rotatable bonds is 6. The van der Waals surface area contributed by atoms with E-state index in [2.05, 4.69) is 24.1 Å². The van der Waals surface area contributed by atoms with Crippen LogP contribution in [-0.4, -0.2) is 49.8 Å². The van der Waals surface area contributed by atoms with Crippen LogP contribution in [0.3, 0.4) is 0 Å². The Morgan fingerprint density at radius 2 is 2.24 bits per heavy atom. The van der Waals surface area contributed by atoms with Crippen LogP contribution in [-0.2, 0) is 4.74 Å². The summed E-state index contributed by atoms with van der Waals surface area (Å²) in [7, 11) is 1.85. The molecular formula is C14H28N2O. The first-order valence-electron chi connectivity index (χ1n) is 7.18. The van der Waals surface area contributed by atoms with Crippen molar-refractivity contribution < 1.29 is 4.74 Å². The molecule has 2 aliphatic rings. The Morgan fingerprint density at radius 3 is 2.82 bits per heavy atom. The molecule has 0 spiro atoms. The van der Waals surface area contributed by atoms with Gasteiger partial charge in [0, 0.05) is 26.2 Å². The number of likely N-dealkylation sites (tertiary alicyclic amines) is 1. The highest BCUT2D eigenvalue weighted by Crippen LogP contribution is 2.34. The first kappa shape index (κ1) is 13.3. The van der Waals surface area contributed by atoms with E-state index in [9.17, 15) is 0 Å². The molecule has 0 radical (unpaired) electrons. The Morgan fingerprint density at radius 1 is 1.47 bits per heavy atom. The highest BCUT2D eigenvalue weighted by Gasteiger charge is 2.35. The Labute approximate surface area is 106 Å². The topological polar surface area (TPSA) is 24.5 Å². The third-order valence-electron chi connectivity index (χ3n) is 4.34. The van der Waals surface area contributed by atoms with E-state index in [0.29, 0.717) is 6.04 Å². The molecule has 0 amide bonds. The third kappa shape index (κ3) is 3.67. The van der Waals surface area contributed by atoms with E-state index in [1.54, 1.807) is 0 Å². The lowest BCUT2D eigenvalue weighted by atomic mass is 9.94. The van der Waals surface area contributed by atoms with Gasteiger partial charge in [-0.1, -0.05) is 6.92 Å². The molecule has 3 heteroatoms. The predicted octanol–water partition coefficient (Wildman–Crippen LogP) is 1.88. The zero-order valence-electron chi connectivity index (χ0n) is 11.7. The summed E-state index contributed by atoms with van der Waals surface area (Å²) in [6.07, 6.45) is 5.32. The molecule has 0 aromatic heterocycles. The summed E-state index contributed by atoms with van der Waals surface area (Å²) in [6.45, 7) is 9.10. The van der Waals surface area contributed by atoms with Crippen molar-refractivity contribution in [1.29, 1.82) is 0 Å². The zero-order valence-corrected chi connectivity index (χ0v) is 11.7. The summed E-state index contributed by atoms with van der Waals surface area (Å²) >= 11 is 0. The zero-order chi connectivity index (χ0) is 12.3. The second-order valence-corrected chi connectivity index (χ2v) is 5.99. The quantitative estimate of drug-likeness (QED) is 0.767. The van der Waals surface area contributed by atoms with Crippen molar-refractivity contribution in [3.63, 3.8) is 0 Å². The molecule has 0 bridgehead atoms. The Bertz CT molecular complexity index is 242. The lowest BCUT2D eigenvalue weighted by molar-refractivity contribution is -0.0527. The number of piperidine rings is 1. The Kier molecular flexibility index (Phi) is 4.45. The third-order valence-corrected chi connectivity index (χ3v) is 4.34. The van der Waals surface area contributed by atoms with Crippen LogP contribution in [0.25, 0.3) is 0 Å². The van der Waals surface area contributed by atoms with Gasteiger partial charge in [-0.25, -0.2) is 0 Å². The van der Waals surface area contributed by atoms with Gasteiger partial charge in [0.1, 0.15) is 0 Å². The molecule has 2 unspecified atom stereocenters. The van der Waals surface area contributed by atoms with Crippen LogP contribution in [0.2, 0.25) is 0 Å². The first-order valence-corrected chi connectivity index (χ1v) is 7.18. The largest absolute Gasteiger partial charge is 0.377 e. The molecule has 100 valence electrons. The van der Waals surface area contributed by atoms with Gasteiger partial charge in [0.15, 0.2) is 0 Å². The lowest BCUT2D eigenvalue weighted by Crippen LogP contribution is -2.52. The van der Waals surface area contributed by atoms with Crippen LogP contribution < -0.4 is 5.32 Å². The van der Waals surface area contributed by atoms with Gasteiger partial charge in [0.2, 0.25) is 0 Å². The van der Waals surface area contributed by atoms with Crippen molar-refractivity contribution in [2.45, 2.75) is 51.2 Å². The van der Waals surface area contributed by atoms with Crippen molar-refractivity contribution in [3.8, 4) is 0 Å². The van der Waals surface area contributed by atoms with Gasteiger partial charge in [-0.2, -0.15) is 0 Å². The van der Waals surface area contributed by atoms with E-state index in [1.807, 2.05) is 7.11 Å². The van der Waals surface area contributed by atoms with Crippen LogP contribution >= 0.6 is 0 Å². The molecule has 2 rings (SSSR count). The van der Waals surface area contributed by atoms with E-state index in [0.717, 1.165) is 19.0 Å². The van der Waals surface area contributed by atoms with Crippen molar-refractivity contribution >= 4 is 0 Å². The standard InChI is InChI=1S/C14H28N2O/c1-4-15-13(12-6-7-12)10-16-9-5-8-14(2,11-16)17-3/h12-13,15H,4-11H2,1-3H3. The number of hydrogen-bond donors (Lipinski definition) is 1. The fourth-order valence-electron chi connectivity index (χ4n) is 3.05. The molecular weight excluding hydrogens is 212 g/mol. The highest BCUT2D eigenvalue weighted by atomic mass is 16.5. The first-order chi connectivity index (χ1) is 8.17. The highest BCUT2D eigenvalue weighted by molar-refractivity contribution is 4.91. The molecule has 1 aliphatic carbocycles. The Balaban J connectivity index is 1.84. The smallest absolute Gasteiger partial charge is 0.0777 e. The maximum absolute atomic E-state index is 5.66. The van der Waals surface area contributed by atoms with E-state index >= 15 is 0 Å². The van der Waals surface area contributed by atoms with Gasteiger partial charge in [0.05, 0.1) is 5.60 Å². The molecule has 0 aromatic rings. The fraction of sp³-hybridized carbons (Fsp3) is 1.00. The van der Waals surface area contributed by atoms with E-state index in [1.165, 1.54) is 38.8 Å².